The number of para-hydroxylation sites is 1. The minimum Gasteiger partial charge on any atom is -0.481 e. The molecule has 1 aromatic heterocycles. The molecule has 2 heterocycles. The number of anilines is 3. The minimum absolute atomic E-state index is 0.278. The molecule has 25 heavy (non-hydrogen) atoms. The highest BCUT2D eigenvalue weighted by Gasteiger charge is 2.25. The summed E-state index contributed by atoms with van der Waals surface area (Å²) in [6.45, 7) is 3.19. The summed E-state index contributed by atoms with van der Waals surface area (Å²) < 4.78 is 0. The number of benzene rings is 1. The van der Waals surface area contributed by atoms with E-state index in [2.05, 4.69) is 26.3 Å². The number of carboxylic acid groups (broad SMARTS) is 1. The van der Waals surface area contributed by atoms with Crippen molar-refractivity contribution in [1.29, 1.82) is 5.26 Å². The van der Waals surface area contributed by atoms with E-state index in [1.165, 1.54) is 0 Å². The molecule has 0 unspecified atom stereocenters. The number of carbonyl (C=O) groups is 1. The second-order valence-corrected chi connectivity index (χ2v) is 6.07. The predicted molar refractivity (Wildman–Crippen MR) is 93.8 cm³/mol. The molecule has 1 aliphatic rings. The highest BCUT2D eigenvalue weighted by atomic mass is 16.4. The number of nitriles is 1. The van der Waals surface area contributed by atoms with Crippen LogP contribution in [-0.4, -0.2) is 34.1 Å². The van der Waals surface area contributed by atoms with Crippen molar-refractivity contribution in [3.05, 3.63) is 41.6 Å². The lowest BCUT2D eigenvalue weighted by Gasteiger charge is -2.31. The number of aromatic nitrogens is 2. The topological polar surface area (TPSA) is 102 Å². The van der Waals surface area contributed by atoms with E-state index < -0.39 is 5.97 Å². The van der Waals surface area contributed by atoms with Crippen LogP contribution >= 0.6 is 0 Å². The molecule has 1 fully saturated rings. The average molecular weight is 337 g/mol. The molecule has 128 valence electrons. The van der Waals surface area contributed by atoms with Gasteiger partial charge in [-0.1, -0.05) is 12.1 Å². The summed E-state index contributed by atoms with van der Waals surface area (Å²) in [5.41, 5.74) is 1.99. The summed E-state index contributed by atoms with van der Waals surface area (Å²) in [4.78, 5) is 22.1. The molecule has 0 radical (unpaired) electrons. The number of hydrogen-bond donors (Lipinski definition) is 2. The van der Waals surface area contributed by atoms with Crippen molar-refractivity contribution < 1.29 is 9.90 Å². The fourth-order valence-electron chi connectivity index (χ4n) is 2.94. The summed E-state index contributed by atoms with van der Waals surface area (Å²) in [6.07, 6.45) is 1.22. The quantitative estimate of drug-likeness (QED) is 0.884. The van der Waals surface area contributed by atoms with Crippen LogP contribution in [0.15, 0.2) is 30.3 Å². The molecule has 3 rings (SSSR count). The van der Waals surface area contributed by atoms with Crippen LogP contribution in [0, 0.1) is 24.2 Å². The Balaban J connectivity index is 1.80. The first kappa shape index (κ1) is 16.7. The highest BCUT2D eigenvalue weighted by molar-refractivity contribution is 5.70. The standard InChI is InChI=1S/C18H19N5O2/c1-12-10-16(23-8-6-13(7-9-23)17(24)25)22-18(20-12)21-15-5-3-2-4-14(15)11-19/h2-5,10,13H,6-9H2,1H3,(H,24,25)(H,20,21,22). The van der Waals surface area contributed by atoms with E-state index in [4.69, 9.17) is 5.11 Å². The van der Waals surface area contributed by atoms with E-state index in [0.717, 1.165) is 11.5 Å². The Labute approximate surface area is 145 Å². The molecule has 0 bridgehead atoms. The van der Waals surface area contributed by atoms with E-state index in [-0.39, 0.29) is 5.92 Å². The molecule has 2 N–H and O–H groups in total. The van der Waals surface area contributed by atoms with Gasteiger partial charge in [0.25, 0.3) is 0 Å². The highest BCUT2D eigenvalue weighted by Crippen LogP contribution is 2.25. The van der Waals surface area contributed by atoms with Crippen molar-refractivity contribution in [2.75, 3.05) is 23.3 Å². The fourth-order valence-corrected chi connectivity index (χ4v) is 2.94. The van der Waals surface area contributed by atoms with E-state index in [1.807, 2.05) is 25.1 Å². The van der Waals surface area contributed by atoms with E-state index >= 15 is 0 Å². The maximum absolute atomic E-state index is 11.1. The number of piperidine rings is 1. The molecule has 0 aliphatic carbocycles. The van der Waals surface area contributed by atoms with Crippen LogP contribution in [0.25, 0.3) is 0 Å². The fraction of sp³-hybridized carbons (Fsp3) is 0.333. The predicted octanol–water partition coefficient (Wildman–Crippen LogP) is 2.70. The molecule has 0 saturated carbocycles. The maximum atomic E-state index is 11.1. The molecule has 7 heteroatoms. The van der Waals surface area contributed by atoms with Crippen LogP contribution in [0.1, 0.15) is 24.1 Å². The molecule has 1 aliphatic heterocycles. The smallest absolute Gasteiger partial charge is 0.306 e. The normalized spacial score (nSPS) is 14.8. The molecule has 2 aromatic rings. The van der Waals surface area contributed by atoms with Crippen LogP contribution in [-0.2, 0) is 4.79 Å². The zero-order chi connectivity index (χ0) is 17.8. The number of aliphatic carboxylic acids is 1. The SMILES string of the molecule is Cc1cc(N2CCC(C(=O)O)CC2)nc(Nc2ccccc2C#N)n1. The third kappa shape index (κ3) is 3.86. The molecule has 0 spiro atoms. The molecule has 0 amide bonds. The van der Waals surface area contributed by atoms with Gasteiger partial charge in [-0.25, -0.2) is 4.98 Å². The van der Waals surface area contributed by atoms with Crippen molar-refractivity contribution in [3.8, 4) is 6.07 Å². The van der Waals surface area contributed by atoms with Crippen LogP contribution < -0.4 is 10.2 Å². The van der Waals surface area contributed by atoms with Crippen LogP contribution in [0.5, 0.6) is 0 Å². The number of nitrogens with one attached hydrogen (secondary N) is 1. The Morgan fingerprint density at radius 1 is 1.32 bits per heavy atom. The van der Waals surface area contributed by atoms with Crippen molar-refractivity contribution in [3.63, 3.8) is 0 Å². The summed E-state index contributed by atoms with van der Waals surface area (Å²) in [5.74, 6) is 0.194. The molecule has 1 saturated heterocycles. The first-order valence-electron chi connectivity index (χ1n) is 8.16. The first-order chi connectivity index (χ1) is 12.1. The molecule has 0 atom stereocenters. The Hall–Kier alpha value is -3.14. The van der Waals surface area contributed by atoms with E-state index in [9.17, 15) is 10.1 Å². The summed E-state index contributed by atoms with van der Waals surface area (Å²) in [5, 5.41) is 21.4. The lowest BCUT2D eigenvalue weighted by molar-refractivity contribution is -0.142. The van der Waals surface area contributed by atoms with Gasteiger partial charge in [-0.05, 0) is 31.9 Å². The van der Waals surface area contributed by atoms with E-state index in [1.54, 1.807) is 12.1 Å². The van der Waals surface area contributed by atoms with Gasteiger partial charge in [0.15, 0.2) is 0 Å². The number of carboxylic acids is 1. The van der Waals surface area contributed by atoms with Gasteiger partial charge in [0.2, 0.25) is 5.95 Å². The summed E-state index contributed by atoms with van der Waals surface area (Å²) >= 11 is 0. The lowest BCUT2D eigenvalue weighted by atomic mass is 9.97. The van der Waals surface area contributed by atoms with Gasteiger partial charge in [0.1, 0.15) is 11.9 Å². The number of nitrogens with zero attached hydrogens (tertiary/aromatic N) is 4. The van der Waals surface area contributed by atoms with Gasteiger partial charge in [-0.15, -0.1) is 0 Å². The van der Waals surface area contributed by atoms with Crippen molar-refractivity contribution in [1.82, 2.24) is 9.97 Å². The Morgan fingerprint density at radius 3 is 2.72 bits per heavy atom. The third-order valence-electron chi connectivity index (χ3n) is 4.30. The van der Waals surface area contributed by atoms with Crippen LogP contribution in [0.4, 0.5) is 17.5 Å². The van der Waals surface area contributed by atoms with Crippen molar-refractivity contribution in [2.45, 2.75) is 19.8 Å². The zero-order valence-electron chi connectivity index (χ0n) is 13.9. The average Bonchev–Trinajstić information content (AvgIpc) is 2.62. The van der Waals surface area contributed by atoms with Gasteiger partial charge in [0.05, 0.1) is 17.2 Å². The molecule has 1 aromatic carbocycles. The monoisotopic (exact) mass is 337 g/mol. The van der Waals surface area contributed by atoms with Gasteiger partial charge in [0, 0.05) is 24.8 Å². The van der Waals surface area contributed by atoms with Crippen LogP contribution in [0.3, 0.4) is 0 Å². The Bertz CT molecular complexity index is 822. The second-order valence-electron chi connectivity index (χ2n) is 6.07. The summed E-state index contributed by atoms with van der Waals surface area (Å²) in [7, 11) is 0. The van der Waals surface area contributed by atoms with Gasteiger partial charge >= 0.3 is 5.97 Å². The van der Waals surface area contributed by atoms with Crippen LogP contribution in [0.2, 0.25) is 0 Å². The molecule has 7 nitrogen and oxygen atoms in total. The maximum Gasteiger partial charge on any atom is 0.306 e. The van der Waals surface area contributed by atoms with Crippen molar-refractivity contribution >= 4 is 23.4 Å². The first-order valence-corrected chi connectivity index (χ1v) is 8.16. The third-order valence-corrected chi connectivity index (χ3v) is 4.30. The minimum atomic E-state index is -0.728. The van der Waals surface area contributed by atoms with Crippen molar-refractivity contribution in [2.24, 2.45) is 5.92 Å². The Morgan fingerprint density at radius 2 is 2.04 bits per heavy atom. The zero-order valence-corrected chi connectivity index (χ0v) is 13.9. The van der Waals surface area contributed by atoms with E-state index in [0.29, 0.717) is 43.1 Å². The van der Waals surface area contributed by atoms with Gasteiger partial charge in [-0.2, -0.15) is 10.2 Å². The molecular weight excluding hydrogens is 318 g/mol. The second kappa shape index (κ2) is 7.18. The molecular formula is C18H19N5O2. The number of rotatable bonds is 4. The number of aryl methyl sites for hydroxylation is 1. The largest absolute Gasteiger partial charge is 0.481 e. The Kier molecular flexibility index (Phi) is 4.80. The summed E-state index contributed by atoms with van der Waals surface area (Å²) in [6, 6.07) is 11.2. The van der Waals surface area contributed by atoms with Gasteiger partial charge < -0.3 is 15.3 Å². The lowest BCUT2D eigenvalue weighted by Crippen LogP contribution is -2.36. The van der Waals surface area contributed by atoms with Gasteiger partial charge in [-0.3, -0.25) is 4.79 Å². The number of hydrogen-bond acceptors (Lipinski definition) is 6.